The fourth-order valence-electron chi connectivity index (χ4n) is 1.38. The van der Waals surface area contributed by atoms with Gasteiger partial charge >= 0.3 is 0 Å². The number of rotatable bonds is 7. The molecule has 0 saturated heterocycles. The van der Waals surface area contributed by atoms with Crippen LogP contribution in [0.15, 0.2) is 18.2 Å². The standard InChI is InChI=1S/C12H16F2N2O3/c1-18-8-2-3-9(10(15)6-8)12(17)16-4-5-19-7-11(13)14/h2-3,6,11H,4-5,7,15H2,1H3,(H,16,17). The highest BCUT2D eigenvalue weighted by Crippen LogP contribution is 2.19. The van der Waals surface area contributed by atoms with Gasteiger partial charge in [0.2, 0.25) is 0 Å². The molecule has 0 radical (unpaired) electrons. The molecule has 0 aromatic heterocycles. The third kappa shape index (κ3) is 5.09. The summed E-state index contributed by atoms with van der Waals surface area (Å²) in [6.07, 6.45) is -2.51. The molecular weight excluding hydrogens is 258 g/mol. The predicted molar refractivity (Wildman–Crippen MR) is 66.6 cm³/mol. The van der Waals surface area contributed by atoms with Crippen molar-refractivity contribution in [3.63, 3.8) is 0 Å². The van der Waals surface area contributed by atoms with E-state index in [9.17, 15) is 13.6 Å². The summed E-state index contributed by atoms with van der Waals surface area (Å²) in [4.78, 5) is 11.7. The molecule has 3 N–H and O–H groups in total. The first kappa shape index (κ1) is 15.2. The van der Waals surface area contributed by atoms with Crippen LogP contribution in [0.4, 0.5) is 14.5 Å². The summed E-state index contributed by atoms with van der Waals surface area (Å²) in [5.74, 6) is 0.162. The van der Waals surface area contributed by atoms with E-state index in [2.05, 4.69) is 10.1 Å². The van der Waals surface area contributed by atoms with E-state index in [0.29, 0.717) is 11.3 Å². The van der Waals surface area contributed by atoms with Crippen LogP contribution in [0.2, 0.25) is 0 Å². The van der Waals surface area contributed by atoms with E-state index in [1.54, 1.807) is 6.07 Å². The molecule has 106 valence electrons. The third-order valence-corrected chi connectivity index (χ3v) is 2.28. The van der Waals surface area contributed by atoms with Gasteiger partial charge in [-0.2, -0.15) is 0 Å². The van der Waals surface area contributed by atoms with Crippen LogP contribution in [-0.2, 0) is 4.74 Å². The van der Waals surface area contributed by atoms with Crippen molar-refractivity contribution in [1.29, 1.82) is 0 Å². The first-order chi connectivity index (χ1) is 9.04. The Morgan fingerprint density at radius 3 is 2.79 bits per heavy atom. The molecule has 0 aliphatic rings. The highest BCUT2D eigenvalue weighted by molar-refractivity contribution is 5.99. The van der Waals surface area contributed by atoms with E-state index in [4.69, 9.17) is 10.5 Å². The molecule has 1 aromatic rings. The van der Waals surface area contributed by atoms with Crippen LogP contribution in [0.1, 0.15) is 10.4 Å². The van der Waals surface area contributed by atoms with Crippen LogP contribution in [-0.4, -0.2) is 39.2 Å². The highest BCUT2D eigenvalue weighted by Gasteiger charge is 2.10. The summed E-state index contributed by atoms with van der Waals surface area (Å²) in [7, 11) is 1.49. The van der Waals surface area contributed by atoms with Gasteiger partial charge in [-0.25, -0.2) is 8.78 Å². The fraction of sp³-hybridized carbons (Fsp3) is 0.417. The molecule has 0 aliphatic carbocycles. The van der Waals surface area contributed by atoms with Gasteiger partial charge in [0.05, 0.1) is 19.3 Å². The van der Waals surface area contributed by atoms with Crippen LogP contribution < -0.4 is 15.8 Å². The smallest absolute Gasteiger partial charge is 0.261 e. The van der Waals surface area contributed by atoms with Gasteiger partial charge in [0, 0.05) is 18.3 Å². The Kier molecular flexibility index (Phi) is 6.01. The molecule has 1 amide bonds. The Labute approximate surface area is 109 Å². The first-order valence-electron chi connectivity index (χ1n) is 5.62. The van der Waals surface area contributed by atoms with Crippen LogP contribution in [0.3, 0.4) is 0 Å². The molecule has 0 fully saturated rings. The maximum absolute atomic E-state index is 11.8. The van der Waals surface area contributed by atoms with Gasteiger partial charge in [-0.05, 0) is 12.1 Å². The van der Waals surface area contributed by atoms with Gasteiger partial charge < -0.3 is 20.5 Å². The second-order valence-corrected chi connectivity index (χ2v) is 3.68. The predicted octanol–water partition coefficient (Wildman–Crippen LogP) is 1.29. The van der Waals surface area contributed by atoms with Crippen molar-refractivity contribution in [3.8, 4) is 5.75 Å². The van der Waals surface area contributed by atoms with E-state index < -0.39 is 13.0 Å². The third-order valence-electron chi connectivity index (χ3n) is 2.28. The number of amides is 1. The number of nitrogens with one attached hydrogen (secondary N) is 1. The number of carbonyl (C=O) groups excluding carboxylic acids is 1. The number of halogens is 2. The van der Waals surface area contributed by atoms with Crippen LogP contribution in [0.5, 0.6) is 5.75 Å². The van der Waals surface area contributed by atoms with Gasteiger partial charge in [-0.3, -0.25) is 4.79 Å². The molecule has 0 bridgehead atoms. The molecule has 0 spiro atoms. The van der Waals surface area contributed by atoms with E-state index in [-0.39, 0.29) is 24.7 Å². The van der Waals surface area contributed by atoms with Gasteiger partial charge in [0.1, 0.15) is 12.4 Å². The van der Waals surface area contributed by atoms with Crippen molar-refractivity contribution in [2.45, 2.75) is 6.43 Å². The SMILES string of the molecule is COc1ccc(C(=O)NCCOCC(F)F)c(N)c1. The van der Waals surface area contributed by atoms with Gasteiger partial charge in [-0.1, -0.05) is 0 Å². The van der Waals surface area contributed by atoms with Gasteiger partial charge in [0.15, 0.2) is 0 Å². The van der Waals surface area contributed by atoms with E-state index >= 15 is 0 Å². The second-order valence-electron chi connectivity index (χ2n) is 3.68. The second kappa shape index (κ2) is 7.52. The molecule has 7 heteroatoms. The Morgan fingerprint density at radius 1 is 1.47 bits per heavy atom. The molecule has 19 heavy (non-hydrogen) atoms. The van der Waals surface area contributed by atoms with Crippen molar-refractivity contribution in [3.05, 3.63) is 23.8 Å². The average molecular weight is 274 g/mol. The van der Waals surface area contributed by atoms with Crippen LogP contribution in [0, 0.1) is 0 Å². The van der Waals surface area contributed by atoms with Crippen LogP contribution >= 0.6 is 0 Å². The molecule has 0 aliphatic heterocycles. The lowest BCUT2D eigenvalue weighted by Crippen LogP contribution is -2.28. The number of ether oxygens (including phenoxy) is 2. The zero-order valence-electron chi connectivity index (χ0n) is 10.5. The summed E-state index contributed by atoms with van der Waals surface area (Å²) in [6, 6.07) is 4.67. The summed E-state index contributed by atoms with van der Waals surface area (Å²) in [6.45, 7) is -0.482. The van der Waals surface area contributed by atoms with Crippen molar-refractivity contribution < 1.29 is 23.0 Å². The van der Waals surface area contributed by atoms with Crippen molar-refractivity contribution in [2.75, 3.05) is 32.6 Å². The first-order valence-corrected chi connectivity index (χ1v) is 5.62. The zero-order chi connectivity index (χ0) is 14.3. The summed E-state index contributed by atoms with van der Waals surface area (Å²) in [5.41, 5.74) is 6.28. The number of benzene rings is 1. The average Bonchev–Trinajstić information content (AvgIpc) is 2.37. The summed E-state index contributed by atoms with van der Waals surface area (Å²) in [5, 5.41) is 2.52. The monoisotopic (exact) mass is 274 g/mol. The van der Waals surface area contributed by atoms with E-state index in [1.165, 1.54) is 19.2 Å². The lowest BCUT2D eigenvalue weighted by atomic mass is 10.1. The lowest BCUT2D eigenvalue weighted by Gasteiger charge is -2.09. The Hall–Kier alpha value is -1.89. The van der Waals surface area contributed by atoms with Crippen molar-refractivity contribution >= 4 is 11.6 Å². The number of alkyl halides is 2. The molecule has 1 rings (SSSR count). The zero-order valence-corrected chi connectivity index (χ0v) is 10.5. The molecule has 0 unspecified atom stereocenters. The Bertz CT molecular complexity index is 427. The largest absolute Gasteiger partial charge is 0.497 e. The number of hydrogen-bond donors (Lipinski definition) is 2. The number of nitrogens with two attached hydrogens (primary N) is 1. The quantitative estimate of drug-likeness (QED) is 0.580. The van der Waals surface area contributed by atoms with Crippen molar-refractivity contribution in [2.24, 2.45) is 0 Å². The molecule has 5 nitrogen and oxygen atoms in total. The molecule has 1 aromatic carbocycles. The number of hydrogen-bond acceptors (Lipinski definition) is 4. The molecule has 0 saturated carbocycles. The molecule has 0 atom stereocenters. The highest BCUT2D eigenvalue weighted by atomic mass is 19.3. The van der Waals surface area contributed by atoms with Gasteiger partial charge in [-0.15, -0.1) is 0 Å². The van der Waals surface area contributed by atoms with E-state index in [0.717, 1.165) is 0 Å². The number of methoxy groups -OCH3 is 1. The normalized spacial score (nSPS) is 10.5. The topological polar surface area (TPSA) is 73.6 Å². The van der Waals surface area contributed by atoms with Gasteiger partial charge in [0.25, 0.3) is 12.3 Å². The lowest BCUT2D eigenvalue weighted by molar-refractivity contribution is 0.0188. The molecule has 0 heterocycles. The minimum absolute atomic E-state index is 0.0200. The molecular formula is C12H16F2N2O3. The minimum Gasteiger partial charge on any atom is -0.497 e. The maximum Gasteiger partial charge on any atom is 0.261 e. The number of nitrogen functional groups attached to an aromatic ring is 1. The minimum atomic E-state index is -2.51. The summed E-state index contributed by atoms with van der Waals surface area (Å²) >= 11 is 0. The number of anilines is 1. The van der Waals surface area contributed by atoms with E-state index in [1.807, 2.05) is 0 Å². The van der Waals surface area contributed by atoms with Crippen molar-refractivity contribution in [1.82, 2.24) is 5.32 Å². The summed E-state index contributed by atoms with van der Waals surface area (Å²) < 4.78 is 33.1. The Balaban J connectivity index is 2.41. The number of carbonyl (C=O) groups is 1. The Morgan fingerprint density at radius 2 is 2.21 bits per heavy atom. The fourth-order valence-corrected chi connectivity index (χ4v) is 1.38. The maximum atomic E-state index is 11.8. The van der Waals surface area contributed by atoms with Crippen LogP contribution in [0.25, 0.3) is 0 Å².